The average molecular weight is 485 g/mol. The van der Waals surface area contributed by atoms with Gasteiger partial charge in [-0.3, -0.25) is 9.59 Å². The second kappa shape index (κ2) is 11.8. The van der Waals surface area contributed by atoms with Gasteiger partial charge in [0.05, 0.1) is 29.1 Å². The lowest BCUT2D eigenvalue weighted by Crippen LogP contribution is -2.22. The van der Waals surface area contributed by atoms with Crippen molar-refractivity contribution in [2.45, 2.75) is 12.8 Å². The quantitative estimate of drug-likeness (QED) is 0.423. The first-order chi connectivity index (χ1) is 16.4. The van der Waals surface area contributed by atoms with Crippen molar-refractivity contribution >= 4 is 40.8 Å². The summed E-state index contributed by atoms with van der Waals surface area (Å²) in [4.78, 5) is 37.0. The van der Waals surface area contributed by atoms with Crippen LogP contribution in [0.5, 0.6) is 5.75 Å². The predicted octanol–water partition coefficient (Wildman–Crippen LogP) is 4.85. The average Bonchev–Trinajstić information content (AvgIpc) is 2.83. The molecule has 34 heavy (non-hydrogen) atoms. The third-order valence-electron chi connectivity index (χ3n) is 4.76. The Balaban J connectivity index is 1.54. The SMILES string of the molecule is COc1ccc(CCC(=O)Nc2ccccc2C(=O)OCC(=O)Nc2ccc(F)cc2Cl)cc1. The van der Waals surface area contributed by atoms with Crippen LogP contribution in [0, 0.1) is 5.82 Å². The minimum atomic E-state index is -0.786. The summed E-state index contributed by atoms with van der Waals surface area (Å²) in [7, 11) is 1.58. The molecule has 0 aromatic heterocycles. The molecule has 0 aliphatic rings. The van der Waals surface area contributed by atoms with Gasteiger partial charge >= 0.3 is 5.97 Å². The van der Waals surface area contributed by atoms with Crippen LogP contribution in [0.1, 0.15) is 22.3 Å². The topological polar surface area (TPSA) is 93.7 Å². The Morgan fingerprint density at radius 2 is 1.62 bits per heavy atom. The molecule has 0 spiro atoms. The highest BCUT2D eigenvalue weighted by Crippen LogP contribution is 2.22. The van der Waals surface area contributed by atoms with Crippen molar-refractivity contribution in [1.82, 2.24) is 0 Å². The van der Waals surface area contributed by atoms with E-state index < -0.39 is 24.3 Å². The molecule has 2 amide bonds. The molecule has 2 N–H and O–H groups in total. The van der Waals surface area contributed by atoms with Gasteiger partial charge in [-0.15, -0.1) is 0 Å². The molecule has 0 saturated carbocycles. The van der Waals surface area contributed by atoms with Gasteiger partial charge in [-0.2, -0.15) is 0 Å². The number of anilines is 2. The van der Waals surface area contributed by atoms with Gasteiger partial charge < -0.3 is 20.1 Å². The summed E-state index contributed by atoms with van der Waals surface area (Å²) in [5, 5.41) is 5.16. The van der Waals surface area contributed by atoms with Crippen LogP contribution in [0.15, 0.2) is 66.7 Å². The molecule has 0 aliphatic carbocycles. The number of esters is 1. The maximum Gasteiger partial charge on any atom is 0.340 e. The summed E-state index contributed by atoms with van der Waals surface area (Å²) < 4.78 is 23.3. The molecule has 0 bridgehead atoms. The largest absolute Gasteiger partial charge is 0.497 e. The molecule has 176 valence electrons. The zero-order valence-electron chi connectivity index (χ0n) is 18.3. The standard InChI is InChI=1S/C25H22ClFN2O5/c1-33-18-10-6-16(7-11-18)8-13-23(30)28-21-5-3-2-4-19(21)25(32)34-15-24(31)29-22-12-9-17(27)14-20(22)26/h2-7,9-12,14H,8,13,15H2,1H3,(H,28,30)(H,29,31). The van der Waals surface area contributed by atoms with E-state index in [-0.39, 0.29) is 34.3 Å². The molecule has 7 nitrogen and oxygen atoms in total. The fraction of sp³-hybridized carbons (Fsp3) is 0.160. The van der Waals surface area contributed by atoms with E-state index in [1.807, 2.05) is 24.3 Å². The number of amides is 2. The van der Waals surface area contributed by atoms with Crippen molar-refractivity contribution in [3.8, 4) is 5.75 Å². The lowest BCUT2D eigenvalue weighted by Gasteiger charge is -2.12. The molecule has 0 heterocycles. The van der Waals surface area contributed by atoms with Crippen molar-refractivity contribution in [2.24, 2.45) is 0 Å². The Kier molecular flexibility index (Phi) is 8.59. The van der Waals surface area contributed by atoms with E-state index in [2.05, 4.69) is 10.6 Å². The maximum absolute atomic E-state index is 13.1. The number of hydrogen-bond acceptors (Lipinski definition) is 5. The predicted molar refractivity (Wildman–Crippen MR) is 127 cm³/mol. The summed E-state index contributed by atoms with van der Waals surface area (Å²) in [6.07, 6.45) is 0.713. The third-order valence-corrected chi connectivity index (χ3v) is 5.07. The van der Waals surface area contributed by atoms with Crippen LogP contribution in [0.4, 0.5) is 15.8 Å². The first-order valence-electron chi connectivity index (χ1n) is 10.3. The summed E-state index contributed by atoms with van der Waals surface area (Å²) >= 11 is 5.87. The first-order valence-corrected chi connectivity index (χ1v) is 10.7. The van der Waals surface area contributed by atoms with Crippen LogP contribution >= 0.6 is 11.6 Å². The number of benzene rings is 3. The molecule has 3 rings (SSSR count). The van der Waals surface area contributed by atoms with Crippen LogP contribution in [0.25, 0.3) is 0 Å². The normalized spacial score (nSPS) is 10.3. The van der Waals surface area contributed by atoms with Crippen LogP contribution in [-0.4, -0.2) is 31.5 Å². The molecule has 0 radical (unpaired) electrons. The summed E-state index contributed by atoms with van der Waals surface area (Å²) in [6, 6.07) is 17.2. The van der Waals surface area contributed by atoms with Gasteiger partial charge in [-0.25, -0.2) is 9.18 Å². The number of para-hydroxylation sites is 1. The molecule has 0 unspecified atom stereocenters. The number of rotatable bonds is 9. The second-order valence-electron chi connectivity index (χ2n) is 7.19. The molecule has 9 heteroatoms. The van der Waals surface area contributed by atoms with E-state index >= 15 is 0 Å². The van der Waals surface area contributed by atoms with Gasteiger partial charge in [0.15, 0.2) is 6.61 Å². The van der Waals surface area contributed by atoms with Gasteiger partial charge in [0, 0.05) is 6.42 Å². The second-order valence-corrected chi connectivity index (χ2v) is 7.60. The van der Waals surface area contributed by atoms with E-state index in [4.69, 9.17) is 21.1 Å². The molecule has 0 fully saturated rings. The Morgan fingerprint density at radius 3 is 2.32 bits per heavy atom. The summed E-state index contributed by atoms with van der Waals surface area (Å²) in [5.74, 6) is -1.53. The highest BCUT2D eigenvalue weighted by Gasteiger charge is 2.16. The van der Waals surface area contributed by atoms with Crippen LogP contribution in [-0.2, 0) is 20.7 Å². The fourth-order valence-corrected chi connectivity index (χ4v) is 3.23. The minimum absolute atomic E-state index is 0.0161. The number of halogens is 2. The van der Waals surface area contributed by atoms with E-state index in [9.17, 15) is 18.8 Å². The van der Waals surface area contributed by atoms with Crippen molar-refractivity contribution in [1.29, 1.82) is 0 Å². The molecule has 0 aliphatic heterocycles. The zero-order valence-corrected chi connectivity index (χ0v) is 19.0. The van der Waals surface area contributed by atoms with Crippen molar-refractivity contribution in [2.75, 3.05) is 24.4 Å². The Morgan fingerprint density at radius 1 is 0.912 bits per heavy atom. The number of nitrogens with one attached hydrogen (secondary N) is 2. The molecular weight excluding hydrogens is 463 g/mol. The number of ether oxygens (including phenoxy) is 2. The van der Waals surface area contributed by atoms with Crippen molar-refractivity contribution in [3.63, 3.8) is 0 Å². The Labute approximate surface area is 200 Å². The monoisotopic (exact) mass is 484 g/mol. The van der Waals surface area contributed by atoms with Crippen LogP contribution < -0.4 is 15.4 Å². The Bertz CT molecular complexity index is 1180. The van der Waals surface area contributed by atoms with Gasteiger partial charge in [-0.1, -0.05) is 35.9 Å². The Hall–Kier alpha value is -3.91. The first kappa shape index (κ1) is 24.7. The van der Waals surface area contributed by atoms with Gasteiger partial charge in [0.25, 0.3) is 5.91 Å². The van der Waals surface area contributed by atoms with Gasteiger partial charge in [0.1, 0.15) is 11.6 Å². The number of methoxy groups -OCH3 is 1. The molecular formula is C25H22ClFN2O5. The number of carbonyl (C=O) groups is 3. The van der Waals surface area contributed by atoms with Crippen molar-refractivity contribution < 1.29 is 28.2 Å². The molecule has 3 aromatic carbocycles. The lowest BCUT2D eigenvalue weighted by atomic mass is 10.1. The fourth-order valence-electron chi connectivity index (χ4n) is 3.02. The van der Waals surface area contributed by atoms with E-state index in [1.165, 1.54) is 12.1 Å². The van der Waals surface area contributed by atoms with Crippen LogP contribution in [0.2, 0.25) is 5.02 Å². The maximum atomic E-state index is 13.1. The highest BCUT2D eigenvalue weighted by molar-refractivity contribution is 6.33. The third kappa shape index (κ3) is 7.05. The molecule has 0 saturated heterocycles. The number of hydrogen-bond donors (Lipinski definition) is 2. The summed E-state index contributed by atoms with van der Waals surface area (Å²) in [5.41, 5.74) is 1.53. The molecule has 3 aromatic rings. The van der Waals surface area contributed by atoms with Gasteiger partial charge in [-0.05, 0) is 54.4 Å². The highest BCUT2D eigenvalue weighted by atomic mass is 35.5. The number of aryl methyl sites for hydroxylation is 1. The lowest BCUT2D eigenvalue weighted by molar-refractivity contribution is -0.119. The minimum Gasteiger partial charge on any atom is -0.497 e. The smallest absolute Gasteiger partial charge is 0.340 e. The molecule has 0 atom stereocenters. The van der Waals surface area contributed by atoms with Crippen LogP contribution in [0.3, 0.4) is 0 Å². The number of carbonyl (C=O) groups excluding carboxylic acids is 3. The van der Waals surface area contributed by atoms with E-state index in [0.717, 1.165) is 23.4 Å². The zero-order chi connectivity index (χ0) is 24.5. The summed E-state index contributed by atoms with van der Waals surface area (Å²) in [6.45, 7) is -0.591. The van der Waals surface area contributed by atoms with E-state index in [0.29, 0.717) is 6.42 Å². The van der Waals surface area contributed by atoms with E-state index in [1.54, 1.807) is 25.3 Å². The van der Waals surface area contributed by atoms with Gasteiger partial charge in [0.2, 0.25) is 5.91 Å². The van der Waals surface area contributed by atoms with Crippen molar-refractivity contribution in [3.05, 3.63) is 88.7 Å².